The van der Waals surface area contributed by atoms with Crippen molar-refractivity contribution in [1.82, 2.24) is 10.6 Å². The molecule has 0 aliphatic carbocycles. The Labute approximate surface area is 280 Å². The Bertz CT molecular complexity index is 1580. The molecule has 0 bridgehead atoms. The molecule has 46 heavy (non-hydrogen) atoms. The summed E-state index contributed by atoms with van der Waals surface area (Å²) in [6.07, 6.45) is 5.01. The van der Waals surface area contributed by atoms with Crippen LogP contribution in [0.2, 0.25) is 0 Å². The average molecular weight is 663 g/mol. The number of nitrogens with zero attached hydrogens (tertiary/aromatic N) is 2. The van der Waals surface area contributed by atoms with Crippen LogP contribution in [0.1, 0.15) is 122 Å². The van der Waals surface area contributed by atoms with Crippen LogP contribution in [0.25, 0.3) is 0 Å². The van der Waals surface area contributed by atoms with Crippen LogP contribution in [0.15, 0.2) is 34.3 Å². The van der Waals surface area contributed by atoms with Gasteiger partial charge in [0.05, 0.1) is 24.3 Å². The molecule has 0 unspecified atom stereocenters. The molecule has 1 aromatic carbocycles. The molecule has 3 aromatic rings. The maximum Gasteiger partial charge on any atom is 0.341 e. The van der Waals surface area contributed by atoms with E-state index in [2.05, 4.69) is 66.0 Å². The lowest BCUT2D eigenvalue weighted by molar-refractivity contribution is 0.0515. The lowest BCUT2D eigenvalue weighted by Gasteiger charge is -2.42. The van der Waals surface area contributed by atoms with E-state index in [1.807, 2.05) is 38.1 Å². The smallest absolute Gasteiger partial charge is 0.341 e. The van der Waals surface area contributed by atoms with Crippen LogP contribution in [0.3, 0.4) is 0 Å². The Morgan fingerprint density at radius 3 is 1.37 bits per heavy atom. The maximum absolute atomic E-state index is 13.1. The fraction of sp³-hybridized carbons (Fsp3) is 0.500. The van der Waals surface area contributed by atoms with Gasteiger partial charge in [-0.25, -0.2) is 19.6 Å². The fourth-order valence-corrected chi connectivity index (χ4v) is 9.39. The van der Waals surface area contributed by atoms with E-state index in [9.17, 15) is 9.59 Å². The topological polar surface area (TPSA) is 101 Å². The summed E-state index contributed by atoms with van der Waals surface area (Å²) in [6, 6.07) is 7.88. The molecule has 0 spiro atoms. The van der Waals surface area contributed by atoms with Gasteiger partial charge in [0.15, 0.2) is 0 Å². The number of thiophene rings is 2. The quantitative estimate of drug-likeness (QED) is 0.187. The van der Waals surface area contributed by atoms with Crippen molar-refractivity contribution in [2.24, 2.45) is 9.98 Å². The van der Waals surface area contributed by atoms with Crippen LogP contribution in [0, 0.1) is 0 Å². The first-order chi connectivity index (χ1) is 21.5. The van der Waals surface area contributed by atoms with E-state index in [0.717, 1.165) is 44.8 Å². The third-order valence-electron chi connectivity index (χ3n) is 8.21. The third-order valence-corrected chi connectivity index (χ3v) is 11.1. The summed E-state index contributed by atoms with van der Waals surface area (Å²) in [4.78, 5) is 38.1. The summed E-state index contributed by atoms with van der Waals surface area (Å²) in [5.41, 5.74) is 4.05. The van der Waals surface area contributed by atoms with E-state index in [-0.39, 0.29) is 34.1 Å². The first kappa shape index (κ1) is 34.2. The molecule has 2 N–H and O–H groups in total. The number of carbonyl (C=O) groups is 2. The van der Waals surface area contributed by atoms with Gasteiger partial charge in [0.1, 0.15) is 10.0 Å². The average Bonchev–Trinajstić information content (AvgIpc) is 3.48. The molecule has 0 saturated carbocycles. The van der Waals surface area contributed by atoms with E-state index in [1.165, 1.54) is 0 Å². The number of carbonyl (C=O) groups excluding carboxylic acids is 2. The molecule has 2 aliphatic rings. The van der Waals surface area contributed by atoms with Gasteiger partial charge in [-0.1, -0.05) is 24.3 Å². The van der Waals surface area contributed by atoms with E-state index < -0.39 is 0 Å². The zero-order chi connectivity index (χ0) is 33.7. The van der Waals surface area contributed by atoms with Crippen molar-refractivity contribution in [2.75, 3.05) is 13.2 Å². The molecule has 0 amide bonds. The normalized spacial score (nSPS) is 19.2. The van der Waals surface area contributed by atoms with Gasteiger partial charge in [-0.2, -0.15) is 0 Å². The van der Waals surface area contributed by atoms with Gasteiger partial charge >= 0.3 is 11.9 Å². The molecule has 2 aliphatic heterocycles. The van der Waals surface area contributed by atoms with E-state index in [0.29, 0.717) is 34.3 Å². The molecule has 0 atom stereocenters. The lowest BCUT2D eigenvalue weighted by atomic mass is 9.81. The van der Waals surface area contributed by atoms with E-state index >= 15 is 0 Å². The predicted molar refractivity (Wildman–Crippen MR) is 189 cm³/mol. The van der Waals surface area contributed by atoms with Crippen LogP contribution in [0.4, 0.5) is 10.0 Å². The van der Waals surface area contributed by atoms with Gasteiger partial charge in [-0.15, -0.1) is 22.7 Å². The molecular weight excluding hydrogens is 617 g/mol. The minimum atomic E-state index is -0.326. The second-order valence-corrected chi connectivity index (χ2v) is 16.4. The molecule has 4 heterocycles. The molecule has 8 nitrogen and oxygen atoms in total. The van der Waals surface area contributed by atoms with Crippen molar-refractivity contribution in [3.8, 4) is 0 Å². The molecular formula is C36H46N4O4S2. The molecule has 0 fully saturated rings. The highest BCUT2D eigenvalue weighted by Crippen LogP contribution is 2.47. The van der Waals surface area contributed by atoms with Crippen molar-refractivity contribution < 1.29 is 19.1 Å². The van der Waals surface area contributed by atoms with Crippen LogP contribution >= 0.6 is 22.7 Å². The summed E-state index contributed by atoms with van der Waals surface area (Å²) >= 11 is 3.09. The maximum atomic E-state index is 13.1. The molecule has 0 saturated heterocycles. The highest BCUT2D eigenvalue weighted by molar-refractivity contribution is 7.17. The summed E-state index contributed by atoms with van der Waals surface area (Å²) in [7, 11) is 0. The van der Waals surface area contributed by atoms with Gasteiger partial charge < -0.3 is 20.1 Å². The van der Waals surface area contributed by atoms with Crippen molar-refractivity contribution >= 4 is 57.0 Å². The second kappa shape index (κ2) is 12.4. The number of nitrogens with one attached hydrogen (secondary N) is 2. The lowest BCUT2D eigenvalue weighted by Crippen LogP contribution is -2.55. The number of fused-ring (bicyclic) bond motifs is 2. The summed E-state index contributed by atoms with van der Waals surface area (Å²) in [5.74, 6) is -0.653. The summed E-state index contributed by atoms with van der Waals surface area (Å²) < 4.78 is 10.9. The largest absolute Gasteiger partial charge is 0.462 e. The minimum absolute atomic E-state index is 0.166. The number of hydrogen-bond acceptors (Lipinski definition) is 10. The highest BCUT2D eigenvalue weighted by Gasteiger charge is 2.43. The summed E-state index contributed by atoms with van der Waals surface area (Å²) in [6.45, 7) is 21.5. The van der Waals surface area contributed by atoms with Crippen LogP contribution in [-0.4, -0.2) is 48.7 Å². The van der Waals surface area contributed by atoms with Crippen molar-refractivity contribution in [3.05, 3.63) is 67.4 Å². The van der Waals surface area contributed by atoms with Crippen molar-refractivity contribution in [2.45, 2.75) is 104 Å². The van der Waals surface area contributed by atoms with Gasteiger partial charge in [0.25, 0.3) is 0 Å². The number of hydrogen-bond donors (Lipinski definition) is 2. The number of esters is 2. The minimum Gasteiger partial charge on any atom is -0.462 e. The Morgan fingerprint density at radius 2 is 1.04 bits per heavy atom. The molecule has 5 rings (SSSR count). The Morgan fingerprint density at radius 1 is 0.696 bits per heavy atom. The number of ether oxygens (including phenoxy) is 2. The molecule has 2 aromatic heterocycles. The second-order valence-electron chi connectivity index (χ2n) is 14.4. The monoisotopic (exact) mass is 662 g/mol. The number of rotatable bonds is 8. The Kier molecular flexibility index (Phi) is 9.24. The van der Waals surface area contributed by atoms with Gasteiger partial charge in [0, 0.05) is 44.3 Å². The van der Waals surface area contributed by atoms with Crippen LogP contribution in [0.5, 0.6) is 0 Å². The first-order valence-electron chi connectivity index (χ1n) is 15.9. The SMILES string of the molecule is CCOC(=O)c1c(N=Cc2ccc(C=Nc3sc4c(c3C(=O)OCC)CC(C)(C)NC4(C)C)cc2)sc2c1CC(C)(C)NC2(C)C. The predicted octanol–water partition coefficient (Wildman–Crippen LogP) is 7.98. The number of aliphatic imine (C=N–C) groups is 2. The van der Waals surface area contributed by atoms with Gasteiger partial charge in [-0.05, 0) is 104 Å². The Balaban J connectivity index is 1.43. The first-order valence-corrected chi connectivity index (χ1v) is 17.5. The van der Waals surface area contributed by atoms with Gasteiger partial charge in [-0.3, -0.25) is 0 Å². The fourth-order valence-electron chi connectivity index (χ4n) is 6.97. The Hall–Kier alpha value is -3.18. The zero-order valence-electron chi connectivity index (χ0n) is 28.6. The van der Waals surface area contributed by atoms with E-state index in [1.54, 1.807) is 35.1 Å². The molecule has 0 radical (unpaired) electrons. The van der Waals surface area contributed by atoms with E-state index in [4.69, 9.17) is 19.5 Å². The van der Waals surface area contributed by atoms with Crippen LogP contribution in [-0.2, 0) is 33.4 Å². The van der Waals surface area contributed by atoms with Crippen LogP contribution < -0.4 is 10.6 Å². The zero-order valence-corrected chi connectivity index (χ0v) is 30.3. The van der Waals surface area contributed by atoms with Gasteiger partial charge in [0.2, 0.25) is 0 Å². The highest BCUT2D eigenvalue weighted by atomic mass is 32.1. The molecule has 246 valence electrons. The summed E-state index contributed by atoms with van der Waals surface area (Å²) in [5, 5.41) is 8.74. The van der Waals surface area contributed by atoms with Crippen molar-refractivity contribution in [1.29, 1.82) is 0 Å². The number of benzene rings is 1. The molecule has 10 heteroatoms. The standard InChI is InChI=1S/C36H46N4O4S2/c1-11-43-31(41)25-23-17-33(3,4)39-35(7,8)27(23)45-29(25)37-19-21-13-15-22(16-14-21)20-38-30-26(32(42)44-12-2)24-18-34(5,6)40-36(9,10)28(24)46-30/h13-16,19-20,39-40H,11-12,17-18H2,1-10H3. The van der Waals surface area contributed by atoms with Crippen molar-refractivity contribution in [3.63, 3.8) is 0 Å². The third kappa shape index (κ3) is 6.90.